The third kappa shape index (κ3) is 1.47. The summed E-state index contributed by atoms with van der Waals surface area (Å²) in [5.41, 5.74) is 6.39. The second-order valence-corrected chi connectivity index (χ2v) is 6.87. The van der Waals surface area contributed by atoms with Crippen LogP contribution in [0.25, 0.3) is 0 Å². The summed E-state index contributed by atoms with van der Waals surface area (Å²) in [7, 11) is 0. The summed E-state index contributed by atoms with van der Waals surface area (Å²) in [6.45, 7) is 4.27. The minimum atomic E-state index is -0.0860. The Hall–Kier alpha value is 0.140. The molecule has 0 aromatic carbocycles. The number of hydrogen-bond donors (Lipinski definition) is 1. The smallest absolute Gasteiger partial charge is 0.0701 e. The van der Waals surface area contributed by atoms with Crippen molar-refractivity contribution in [2.24, 2.45) is 5.73 Å². The fourth-order valence-corrected chi connectivity index (χ4v) is 3.70. The molecule has 1 aliphatic rings. The first-order valence-electron chi connectivity index (χ1n) is 4.50. The molecule has 2 rings (SSSR count). The second kappa shape index (κ2) is 2.81. The monoisotopic (exact) mass is 259 g/mol. The van der Waals surface area contributed by atoms with E-state index < -0.39 is 0 Å². The molecule has 1 nitrogen and oxygen atoms in total. The van der Waals surface area contributed by atoms with Gasteiger partial charge in [-0.05, 0) is 54.8 Å². The predicted octanol–water partition coefficient (Wildman–Crippen LogP) is 3.28. The molecule has 0 amide bonds. The van der Waals surface area contributed by atoms with Crippen LogP contribution in [0.5, 0.6) is 0 Å². The first kappa shape index (κ1) is 9.69. The molecule has 0 radical (unpaired) electrons. The van der Waals surface area contributed by atoms with Gasteiger partial charge in [0.1, 0.15) is 0 Å². The van der Waals surface area contributed by atoms with Crippen LogP contribution in [0.2, 0.25) is 0 Å². The molecule has 1 saturated carbocycles. The SMILES string of the molecule is CC(C)(N)C1(c2ccc(Br)s2)CC1. The Labute approximate surface area is 91.5 Å². The number of hydrogen-bond acceptors (Lipinski definition) is 2. The molecule has 0 bridgehead atoms. The van der Waals surface area contributed by atoms with Gasteiger partial charge in [-0.25, -0.2) is 0 Å². The van der Waals surface area contributed by atoms with Crippen molar-refractivity contribution in [3.05, 3.63) is 20.8 Å². The lowest BCUT2D eigenvalue weighted by molar-refractivity contribution is 0.397. The van der Waals surface area contributed by atoms with Crippen molar-refractivity contribution in [1.82, 2.24) is 0 Å². The summed E-state index contributed by atoms with van der Waals surface area (Å²) >= 11 is 5.32. The van der Waals surface area contributed by atoms with E-state index in [-0.39, 0.29) is 11.0 Å². The largest absolute Gasteiger partial charge is 0.325 e. The zero-order valence-corrected chi connectivity index (χ0v) is 10.3. The van der Waals surface area contributed by atoms with E-state index in [0.717, 1.165) is 0 Å². The lowest BCUT2D eigenvalue weighted by Crippen LogP contribution is -2.44. The highest BCUT2D eigenvalue weighted by Crippen LogP contribution is 2.56. The lowest BCUT2D eigenvalue weighted by atomic mass is 9.84. The van der Waals surface area contributed by atoms with E-state index in [4.69, 9.17) is 5.73 Å². The Bertz CT molecular complexity index is 320. The highest BCUT2D eigenvalue weighted by molar-refractivity contribution is 9.11. The molecule has 0 saturated heterocycles. The van der Waals surface area contributed by atoms with Gasteiger partial charge in [-0.3, -0.25) is 0 Å². The summed E-state index contributed by atoms with van der Waals surface area (Å²) in [6.07, 6.45) is 2.48. The molecular weight excluding hydrogens is 246 g/mol. The summed E-state index contributed by atoms with van der Waals surface area (Å²) < 4.78 is 1.21. The molecule has 1 heterocycles. The first-order valence-corrected chi connectivity index (χ1v) is 6.11. The van der Waals surface area contributed by atoms with Gasteiger partial charge >= 0.3 is 0 Å². The van der Waals surface area contributed by atoms with Gasteiger partial charge in [-0.15, -0.1) is 11.3 Å². The van der Waals surface area contributed by atoms with Crippen molar-refractivity contribution >= 4 is 27.3 Å². The van der Waals surface area contributed by atoms with E-state index >= 15 is 0 Å². The van der Waals surface area contributed by atoms with Crippen molar-refractivity contribution in [3.63, 3.8) is 0 Å². The van der Waals surface area contributed by atoms with Crippen LogP contribution in [-0.2, 0) is 5.41 Å². The summed E-state index contributed by atoms with van der Waals surface area (Å²) in [5, 5.41) is 0. The number of rotatable bonds is 2. The van der Waals surface area contributed by atoms with Gasteiger partial charge in [-0.2, -0.15) is 0 Å². The van der Waals surface area contributed by atoms with Crippen molar-refractivity contribution in [3.8, 4) is 0 Å². The zero-order chi connectivity index (χ0) is 9.69. The minimum absolute atomic E-state index is 0.0860. The standard InChI is InChI=1S/C10H14BrNS/c1-9(2,12)10(5-6-10)7-3-4-8(11)13-7/h3-4H,5-6,12H2,1-2H3. The van der Waals surface area contributed by atoms with Crippen LogP contribution in [0.1, 0.15) is 31.6 Å². The van der Waals surface area contributed by atoms with Gasteiger partial charge in [0, 0.05) is 15.8 Å². The molecular formula is C10H14BrNS. The Morgan fingerprint density at radius 1 is 1.46 bits per heavy atom. The van der Waals surface area contributed by atoms with Crippen LogP contribution in [0.4, 0.5) is 0 Å². The van der Waals surface area contributed by atoms with Crippen molar-refractivity contribution < 1.29 is 0 Å². The summed E-state index contributed by atoms with van der Waals surface area (Å²) in [6, 6.07) is 4.32. The van der Waals surface area contributed by atoms with E-state index in [1.165, 1.54) is 21.5 Å². The third-order valence-electron chi connectivity index (χ3n) is 3.03. The van der Waals surface area contributed by atoms with Crippen molar-refractivity contribution in [2.45, 2.75) is 37.6 Å². The molecule has 1 aliphatic carbocycles. The molecule has 1 fully saturated rings. The topological polar surface area (TPSA) is 26.0 Å². The molecule has 0 unspecified atom stereocenters. The number of halogens is 1. The maximum absolute atomic E-state index is 6.21. The van der Waals surface area contributed by atoms with E-state index in [0.29, 0.717) is 0 Å². The second-order valence-electron chi connectivity index (χ2n) is 4.41. The van der Waals surface area contributed by atoms with Gasteiger partial charge in [0.25, 0.3) is 0 Å². The van der Waals surface area contributed by atoms with Crippen LogP contribution < -0.4 is 5.73 Å². The fourth-order valence-electron chi connectivity index (χ4n) is 1.90. The summed E-state index contributed by atoms with van der Waals surface area (Å²) in [5.74, 6) is 0. The van der Waals surface area contributed by atoms with Crippen molar-refractivity contribution in [1.29, 1.82) is 0 Å². The van der Waals surface area contributed by atoms with Crippen LogP contribution in [0.3, 0.4) is 0 Å². The Kier molecular flexibility index (Phi) is 2.10. The third-order valence-corrected chi connectivity index (χ3v) is 4.86. The van der Waals surface area contributed by atoms with Crippen LogP contribution >= 0.6 is 27.3 Å². The Balaban J connectivity index is 2.36. The molecule has 72 valence electrons. The average Bonchev–Trinajstić information content (AvgIpc) is 2.70. The molecule has 13 heavy (non-hydrogen) atoms. The van der Waals surface area contributed by atoms with Gasteiger partial charge in [0.2, 0.25) is 0 Å². The van der Waals surface area contributed by atoms with E-state index in [1.807, 2.05) is 11.3 Å². The lowest BCUT2D eigenvalue weighted by Gasteiger charge is -2.29. The van der Waals surface area contributed by atoms with Crippen LogP contribution in [-0.4, -0.2) is 5.54 Å². The van der Waals surface area contributed by atoms with Crippen molar-refractivity contribution in [2.75, 3.05) is 0 Å². The van der Waals surface area contributed by atoms with Gasteiger partial charge in [0.15, 0.2) is 0 Å². The highest BCUT2D eigenvalue weighted by Gasteiger charge is 2.54. The van der Waals surface area contributed by atoms with E-state index in [2.05, 4.69) is 41.9 Å². The normalized spacial score (nSPS) is 20.3. The summed E-state index contributed by atoms with van der Waals surface area (Å²) in [4.78, 5) is 1.44. The molecule has 2 N–H and O–H groups in total. The van der Waals surface area contributed by atoms with Gasteiger partial charge in [-0.1, -0.05) is 0 Å². The van der Waals surface area contributed by atoms with Gasteiger partial charge < -0.3 is 5.73 Å². The first-order chi connectivity index (χ1) is 5.96. The molecule has 1 aromatic heterocycles. The molecule has 0 aliphatic heterocycles. The molecule has 0 atom stereocenters. The predicted molar refractivity (Wildman–Crippen MR) is 61.2 cm³/mol. The molecule has 1 aromatic rings. The maximum Gasteiger partial charge on any atom is 0.0701 e. The quantitative estimate of drug-likeness (QED) is 0.867. The van der Waals surface area contributed by atoms with Crippen LogP contribution in [0, 0.1) is 0 Å². The maximum atomic E-state index is 6.21. The van der Waals surface area contributed by atoms with Gasteiger partial charge in [0.05, 0.1) is 3.79 Å². The zero-order valence-electron chi connectivity index (χ0n) is 7.93. The van der Waals surface area contributed by atoms with Crippen LogP contribution in [0.15, 0.2) is 15.9 Å². The Morgan fingerprint density at radius 3 is 2.38 bits per heavy atom. The minimum Gasteiger partial charge on any atom is -0.325 e. The molecule has 3 heteroatoms. The molecule has 0 spiro atoms. The number of nitrogens with two attached hydrogens (primary N) is 1. The Morgan fingerprint density at radius 2 is 2.08 bits per heavy atom. The fraction of sp³-hybridized carbons (Fsp3) is 0.600. The average molecular weight is 260 g/mol. The van der Waals surface area contributed by atoms with E-state index in [1.54, 1.807) is 0 Å². The highest BCUT2D eigenvalue weighted by atomic mass is 79.9. The number of thiophene rings is 1. The van der Waals surface area contributed by atoms with E-state index in [9.17, 15) is 0 Å².